The topological polar surface area (TPSA) is 20.2 Å². The average Bonchev–Trinajstić information content (AvgIpc) is 2.38. The zero-order chi connectivity index (χ0) is 12.1. The van der Waals surface area contributed by atoms with Crippen LogP contribution in [0.15, 0.2) is 48.5 Å². The Kier molecular flexibility index (Phi) is 3.81. The first-order valence-electron chi connectivity index (χ1n) is 6.15. The summed E-state index contributed by atoms with van der Waals surface area (Å²) in [6.07, 6.45) is 2.95. The van der Waals surface area contributed by atoms with E-state index in [9.17, 15) is 5.11 Å². The zero-order valence-corrected chi connectivity index (χ0v) is 10.2. The van der Waals surface area contributed by atoms with Gasteiger partial charge in [0.1, 0.15) is 5.75 Å². The summed E-state index contributed by atoms with van der Waals surface area (Å²) in [6.45, 7) is 2.18. The van der Waals surface area contributed by atoms with Gasteiger partial charge >= 0.3 is 0 Å². The Balaban J connectivity index is 2.10. The van der Waals surface area contributed by atoms with Crippen molar-refractivity contribution in [1.82, 2.24) is 0 Å². The second kappa shape index (κ2) is 5.53. The van der Waals surface area contributed by atoms with Crippen LogP contribution < -0.4 is 0 Å². The molecule has 0 amide bonds. The molecule has 0 heterocycles. The average molecular weight is 226 g/mol. The lowest BCUT2D eigenvalue weighted by Gasteiger charge is -2.08. The highest BCUT2D eigenvalue weighted by molar-refractivity contribution is 5.34. The van der Waals surface area contributed by atoms with Crippen LogP contribution in [0.25, 0.3) is 0 Å². The molecule has 0 bridgehead atoms. The van der Waals surface area contributed by atoms with Gasteiger partial charge in [-0.2, -0.15) is 0 Å². The third-order valence-electron chi connectivity index (χ3n) is 3.15. The summed E-state index contributed by atoms with van der Waals surface area (Å²) in [5.41, 5.74) is 3.82. The third kappa shape index (κ3) is 2.88. The molecule has 0 radical (unpaired) electrons. The largest absolute Gasteiger partial charge is 0.508 e. The predicted octanol–water partition coefficient (Wildman–Crippen LogP) is 3.74. The minimum absolute atomic E-state index is 0.404. The molecule has 0 saturated heterocycles. The molecular formula is C16H18O. The quantitative estimate of drug-likeness (QED) is 0.842. The summed E-state index contributed by atoms with van der Waals surface area (Å²) in [7, 11) is 0. The van der Waals surface area contributed by atoms with Crippen LogP contribution in [0, 0.1) is 0 Å². The fourth-order valence-corrected chi connectivity index (χ4v) is 2.14. The molecule has 88 valence electrons. The van der Waals surface area contributed by atoms with Crippen LogP contribution in [0.3, 0.4) is 0 Å². The number of hydrogen-bond acceptors (Lipinski definition) is 1. The minimum atomic E-state index is 0.404. The van der Waals surface area contributed by atoms with Gasteiger partial charge in [-0.05, 0) is 42.0 Å². The Bertz CT molecular complexity index is 488. The van der Waals surface area contributed by atoms with Gasteiger partial charge in [0.25, 0.3) is 0 Å². The van der Waals surface area contributed by atoms with Gasteiger partial charge < -0.3 is 5.11 Å². The molecule has 2 aromatic rings. The van der Waals surface area contributed by atoms with Crippen molar-refractivity contribution in [3.8, 4) is 5.75 Å². The second-order valence-corrected chi connectivity index (χ2v) is 4.25. The first-order chi connectivity index (χ1) is 8.31. The molecule has 2 aromatic carbocycles. The van der Waals surface area contributed by atoms with Crippen molar-refractivity contribution in [2.75, 3.05) is 0 Å². The van der Waals surface area contributed by atoms with Crippen molar-refractivity contribution in [3.63, 3.8) is 0 Å². The van der Waals surface area contributed by atoms with Gasteiger partial charge in [-0.25, -0.2) is 0 Å². The molecular weight excluding hydrogens is 208 g/mol. The van der Waals surface area contributed by atoms with Crippen LogP contribution in [-0.2, 0) is 19.3 Å². The van der Waals surface area contributed by atoms with Crippen LogP contribution in [0.5, 0.6) is 5.75 Å². The van der Waals surface area contributed by atoms with E-state index in [0.717, 1.165) is 24.8 Å². The lowest BCUT2D eigenvalue weighted by molar-refractivity contribution is 0.468. The van der Waals surface area contributed by atoms with Gasteiger partial charge in [-0.1, -0.05) is 49.4 Å². The van der Waals surface area contributed by atoms with Crippen molar-refractivity contribution in [2.24, 2.45) is 0 Å². The first kappa shape index (κ1) is 11.7. The Morgan fingerprint density at radius 1 is 0.765 bits per heavy atom. The van der Waals surface area contributed by atoms with E-state index in [1.165, 1.54) is 11.1 Å². The summed E-state index contributed by atoms with van der Waals surface area (Å²) >= 11 is 0. The van der Waals surface area contributed by atoms with Crippen LogP contribution in [0.2, 0.25) is 0 Å². The van der Waals surface area contributed by atoms with E-state index < -0.39 is 0 Å². The standard InChI is InChI=1S/C16H18O/c1-2-13-7-3-4-8-14(13)11-12-15-9-5-6-10-16(15)17/h3-10,17H,2,11-12H2,1H3. The number of para-hydroxylation sites is 1. The molecule has 0 aliphatic heterocycles. The maximum absolute atomic E-state index is 9.72. The molecule has 0 unspecified atom stereocenters. The summed E-state index contributed by atoms with van der Waals surface area (Å²) in [6, 6.07) is 16.1. The van der Waals surface area contributed by atoms with Crippen molar-refractivity contribution >= 4 is 0 Å². The van der Waals surface area contributed by atoms with Gasteiger partial charge in [0, 0.05) is 0 Å². The van der Waals surface area contributed by atoms with Gasteiger partial charge in [0.15, 0.2) is 0 Å². The highest BCUT2D eigenvalue weighted by Gasteiger charge is 2.03. The van der Waals surface area contributed by atoms with Crippen LogP contribution in [-0.4, -0.2) is 5.11 Å². The Morgan fingerprint density at radius 2 is 1.29 bits per heavy atom. The van der Waals surface area contributed by atoms with Crippen LogP contribution >= 0.6 is 0 Å². The SMILES string of the molecule is CCc1ccccc1CCc1ccccc1O. The van der Waals surface area contributed by atoms with Gasteiger partial charge in [-0.3, -0.25) is 0 Å². The lowest BCUT2D eigenvalue weighted by atomic mass is 9.98. The number of hydrogen-bond donors (Lipinski definition) is 1. The Hall–Kier alpha value is -1.76. The van der Waals surface area contributed by atoms with Crippen LogP contribution in [0.4, 0.5) is 0 Å². The van der Waals surface area contributed by atoms with Crippen LogP contribution in [0.1, 0.15) is 23.6 Å². The predicted molar refractivity (Wildman–Crippen MR) is 71.3 cm³/mol. The second-order valence-electron chi connectivity index (χ2n) is 4.25. The zero-order valence-electron chi connectivity index (χ0n) is 10.2. The molecule has 17 heavy (non-hydrogen) atoms. The molecule has 0 aromatic heterocycles. The molecule has 0 spiro atoms. The molecule has 1 heteroatoms. The first-order valence-corrected chi connectivity index (χ1v) is 6.15. The summed E-state index contributed by atoms with van der Waals surface area (Å²) in [5, 5.41) is 9.72. The van der Waals surface area contributed by atoms with E-state index in [2.05, 4.69) is 31.2 Å². The highest BCUT2D eigenvalue weighted by Crippen LogP contribution is 2.19. The van der Waals surface area contributed by atoms with E-state index in [1.807, 2.05) is 18.2 Å². The van der Waals surface area contributed by atoms with E-state index in [4.69, 9.17) is 0 Å². The van der Waals surface area contributed by atoms with E-state index in [-0.39, 0.29) is 0 Å². The molecule has 0 atom stereocenters. The fraction of sp³-hybridized carbons (Fsp3) is 0.250. The van der Waals surface area contributed by atoms with Gasteiger partial charge in [-0.15, -0.1) is 0 Å². The van der Waals surface area contributed by atoms with Gasteiger partial charge in [0.05, 0.1) is 0 Å². The number of aryl methyl sites for hydroxylation is 3. The number of phenols is 1. The number of rotatable bonds is 4. The molecule has 0 saturated carbocycles. The van der Waals surface area contributed by atoms with Gasteiger partial charge in [0.2, 0.25) is 0 Å². The molecule has 1 N–H and O–H groups in total. The maximum Gasteiger partial charge on any atom is 0.118 e. The van der Waals surface area contributed by atoms with E-state index in [1.54, 1.807) is 6.07 Å². The number of phenolic OH excluding ortho intramolecular Hbond substituents is 1. The highest BCUT2D eigenvalue weighted by atomic mass is 16.3. The molecule has 0 fully saturated rings. The fourth-order valence-electron chi connectivity index (χ4n) is 2.14. The third-order valence-corrected chi connectivity index (χ3v) is 3.15. The molecule has 0 aliphatic rings. The minimum Gasteiger partial charge on any atom is -0.508 e. The lowest BCUT2D eigenvalue weighted by Crippen LogP contribution is -1.96. The van der Waals surface area contributed by atoms with Crippen molar-refractivity contribution in [3.05, 3.63) is 65.2 Å². The summed E-state index contributed by atoms with van der Waals surface area (Å²) < 4.78 is 0. The van der Waals surface area contributed by atoms with E-state index in [0.29, 0.717) is 5.75 Å². The molecule has 1 nitrogen and oxygen atoms in total. The van der Waals surface area contributed by atoms with Crippen molar-refractivity contribution < 1.29 is 5.11 Å². The molecule has 0 aliphatic carbocycles. The van der Waals surface area contributed by atoms with Crippen molar-refractivity contribution in [1.29, 1.82) is 0 Å². The molecule has 2 rings (SSSR count). The summed E-state index contributed by atoms with van der Waals surface area (Å²) in [5.74, 6) is 0.404. The number of aromatic hydroxyl groups is 1. The Labute approximate surface area is 103 Å². The van der Waals surface area contributed by atoms with E-state index >= 15 is 0 Å². The normalized spacial score (nSPS) is 10.4. The number of benzene rings is 2. The maximum atomic E-state index is 9.72. The smallest absolute Gasteiger partial charge is 0.118 e. The monoisotopic (exact) mass is 226 g/mol. The van der Waals surface area contributed by atoms with Crippen molar-refractivity contribution in [2.45, 2.75) is 26.2 Å². The summed E-state index contributed by atoms with van der Waals surface area (Å²) in [4.78, 5) is 0. The Morgan fingerprint density at radius 3 is 1.94 bits per heavy atom.